The molecule has 0 saturated carbocycles. The summed E-state index contributed by atoms with van der Waals surface area (Å²) in [6, 6.07) is 0.833. The van der Waals surface area contributed by atoms with E-state index in [0.29, 0.717) is 24.6 Å². The van der Waals surface area contributed by atoms with E-state index in [4.69, 9.17) is 0 Å². The second kappa shape index (κ2) is 7.72. The van der Waals surface area contributed by atoms with E-state index in [2.05, 4.69) is 53.2 Å². The summed E-state index contributed by atoms with van der Waals surface area (Å²) in [5.74, 6) is 0.597. The Bertz CT molecular complexity index is 470. The zero-order valence-electron chi connectivity index (χ0n) is 13.3. The maximum Gasteiger partial charge on any atom is 0.329 e. The molecule has 0 fully saturated rings. The smallest absolute Gasteiger partial charge is 0.329 e. The van der Waals surface area contributed by atoms with Gasteiger partial charge in [0.15, 0.2) is 0 Å². The highest BCUT2D eigenvalue weighted by Gasteiger charge is 2.18. The first-order valence-corrected chi connectivity index (χ1v) is 7.05. The molecule has 0 atom stereocenters. The lowest BCUT2D eigenvalue weighted by Gasteiger charge is -2.30. The predicted molar refractivity (Wildman–Crippen MR) is 83.7 cm³/mol. The zero-order chi connectivity index (χ0) is 16.0. The standard InChI is InChI=1S/C13H24N6O2/c1-9(2)18(10(3)4)7-6-15-12-11(19(20)21)8-16-13(14-5)17-12/h8-10H,6-7H2,1-5H3,(H2,14,15,16,17). The summed E-state index contributed by atoms with van der Waals surface area (Å²) in [6.45, 7) is 9.89. The van der Waals surface area contributed by atoms with Gasteiger partial charge in [0.05, 0.1) is 4.92 Å². The summed E-state index contributed by atoms with van der Waals surface area (Å²) in [7, 11) is 1.67. The van der Waals surface area contributed by atoms with Gasteiger partial charge in [-0.3, -0.25) is 15.0 Å². The molecule has 0 aliphatic rings. The fourth-order valence-corrected chi connectivity index (χ4v) is 2.18. The van der Waals surface area contributed by atoms with Gasteiger partial charge in [-0.2, -0.15) is 4.98 Å². The van der Waals surface area contributed by atoms with Crippen LogP contribution in [0.5, 0.6) is 0 Å². The molecule has 1 aromatic rings. The summed E-state index contributed by atoms with van der Waals surface area (Å²) in [6.07, 6.45) is 1.21. The molecule has 0 unspecified atom stereocenters. The van der Waals surface area contributed by atoms with Crippen LogP contribution >= 0.6 is 0 Å². The molecule has 118 valence electrons. The molecule has 0 spiro atoms. The van der Waals surface area contributed by atoms with Gasteiger partial charge in [-0.15, -0.1) is 0 Å². The quantitative estimate of drug-likeness (QED) is 0.559. The van der Waals surface area contributed by atoms with Crippen LogP contribution in [0.1, 0.15) is 27.7 Å². The number of nitro groups is 1. The van der Waals surface area contributed by atoms with Gasteiger partial charge in [0.1, 0.15) is 6.20 Å². The maximum absolute atomic E-state index is 11.0. The van der Waals surface area contributed by atoms with E-state index in [-0.39, 0.29) is 11.5 Å². The molecule has 0 amide bonds. The van der Waals surface area contributed by atoms with Crippen molar-refractivity contribution in [3.8, 4) is 0 Å². The molecule has 0 saturated heterocycles. The van der Waals surface area contributed by atoms with E-state index >= 15 is 0 Å². The molecule has 0 aromatic carbocycles. The Morgan fingerprint density at radius 1 is 1.33 bits per heavy atom. The lowest BCUT2D eigenvalue weighted by atomic mass is 10.2. The van der Waals surface area contributed by atoms with Crippen LogP contribution in [0.25, 0.3) is 0 Å². The van der Waals surface area contributed by atoms with Gasteiger partial charge in [0.2, 0.25) is 11.8 Å². The second-order valence-corrected chi connectivity index (χ2v) is 5.29. The van der Waals surface area contributed by atoms with Crippen molar-refractivity contribution in [2.24, 2.45) is 0 Å². The molecule has 0 radical (unpaired) electrons. The van der Waals surface area contributed by atoms with Crippen molar-refractivity contribution in [1.29, 1.82) is 0 Å². The van der Waals surface area contributed by atoms with Crippen LogP contribution in [0.2, 0.25) is 0 Å². The maximum atomic E-state index is 11.0. The SMILES string of the molecule is CNc1ncc([N+](=O)[O-])c(NCCN(C(C)C)C(C)C)n1. The van der Waals surface area contributed by atoms with Crippen molar-refractivity contribution in [3.05, 3.63) is 16.3 Å². The van der Waals surface area contributed by atoms with Crippen molar-refractivity contribution in [3.63, 3.8) is 0 Å². The third-order valence-corrected chi connectivity index (χ3v) is 3.18. The van der Waals surface area contributed by atoms with Crippen LogP contribution in [0.3, 0.4) is 0 Å². The average Bonchev–Trinajstić information content (AvgIpc) is 2.42. The third kappa shape index (κ3) is 4.82. The van der Waals surface area contributed by atoms with E-state index in [0.717, 1.165) is 6.54 Å². The Labute approximate surface area is 125 Å². The molecule has 0 aliphatic heterocycles. The topological polar surface area (TPSA) is 96.2 Å². The van der Waals surface area contributed by atoms with Gasteiger partial charge in [-0.25, -0.2) is 4.98 Å². The fourth-order valence-electron chi connectivity index (χ4n) is 2.18. The van der Waals surface area contributed by atoms with Crippen molar-refractivity contribution in [2.75, 3.05) is 30.8 Å². The van der Waals surface area contributed by atoms with Crippen LogP contribution in [0.4, 0.5) is 17.5 Å². The number of nitrogens with one attached hydrogen (secondary N) is 2. The number of nitrogens with zero attached hydrogens (tertiary/aromatic N) is 4. The van der Waals surface area contributed by atoms with E-state index < -0.39 is 4.92 Å². The number of hydrogen-bond donors (Lipinski definition) is 2. The zero-order valence-corrected chi connectivity index (χ0v) is 13.3. The minimum Gasteiger partial charge on any atom is -0.363 e. The fraction of sp³-hybridized carbons (Fsp3) is 0.692. The molecule has 21 heavy (non-hydrogen) atoms. The highest BCUT2D eigenvalue weighted by atomic mass is 16.6. The normalized spacial score (nSPS) is 11.2. The first-order valence-electron chi connectivity index (χ1n) is 7.05. The van der Waals surface area contributed by atoms with Gasteiger partial charge in [-0.1, -0.05) is 0 Å². The first-order chi connectivity index (χ1) is 9.86. The molecule has 1 aromatic heterocycles. The number of hydrogen-bond acceptors (Lipinski definition) is 7. The molecular weight excluding hydrogens is 272 g/mol. The molecule has 0 bridgehead atoms. The van der Waals surface area contributed by atoms with Crippen molar-refractivity contribution < 1.29 is 4.92 Å². The first kappa shape index (κ1) is 17.1. The summed E-state index contributed by atoms with van der Waals surface area (Å²) < 4.78 is 0. The van der Waals surface area contributed by atoms with Gasteiger partial charge < -0.3 is 10.6 Å². The van der Waals surface area contributed by atoms with E-state index in [9.17, 15) is 10.1 Å². The van der Waals surface area contributed by atoms with Crippen LogP contribution in [-0.4, -0.2) is 52.0 Å². The molecule has 1 rings (SSSR count). The predicted octanol–water partition coefficient (Wildman–Crippen LogP) is 1.96. The monoisotopic (exact) mass is 296 g/mol. The Kier molecular flexibility index (Phi) is 6.29. The molecule has 1 heterocycles. The Morgan fingerprint density at radius 2 is 1.95 bits per heavy atom. The number of rotatable bonds is 8. The van der Waals surface area contributed by atoms with Gasteiger partial charge in [0.25, 0.3) is 0 Å². The summed E-state index contributed by atoms with van der Waals surface area (Å²) in [5, 5.41) is 16.8. The van der Waals surface area contributed by atoms with E-state index in [1.165, 1.54) is 6.20 Å². The number of anilines is 2. The average molecular weight is 296 g/mol. The van der Waals surface area contributed by atoms with E-state index in [1.54, 1.807) is 7.05 Å². The van der Waals surface area contributed by atoms with Crippen molar-refractivity contribution >= 4 is 17.5 Å². The van der Waals surface area contributed by atoms with E-state index in [1.807, 2.05) is 0 Å². The van der Waals surface area contributed by atoms with Crippen LogP contribution in [-0.2, 0) is 0 Å². The van der Waals surface area contributed by atoms with Crippen molar-refractivity contribution in [2.45, 2.75) is 39.8 Å². The van der Waals surface area contributed by atoms with Gasteiger partial charge in [0, 0.05) is 32.2 Å². The third-order valence-electron chi connectivity index (χ3n) is 3.18. The lowest BCUT2D eigenvalue weighted by Crippen LogP contribution is -2.40. The minimum atomic E-state index is -0.482. The van der Waals surface area contributed by atoms with Gasteiger partial charge in [-0.05, 0) is 27.7 Å². The van der Waals surface area contributed by atoms with Crippen molar-refractivity contribution in [1.82, 2.24) is 14.9 Å². The number of aromatic nitrogens is 2. The largest absolute Gasteiger partial charge is 0.363 e. The Hall–Kier alpha value is -1.96. The highest BCUT2D eigenvalue weighted by Crippen LogP contribution is 2.21. The minimum absolute atomic E-state index is 0.116. The molecule has 0 aliphatic carbocycles. The van der Waals surface area contributed by atoms with Gasteiger partial charge >= 0.3 is 5.69 Å². The summed E-state index contributed by atoms with van der Waals surface area (Å²) in [4.78, 5) is 20.8. The summed E-state index contributed by atoms with van der Waals surface area (Å²) in [5.41, 5.74) is -0.116. The second-order valence-electron chi connectivity index (χ2n) is 5.29. The van der Waals surface area contributed by atoms with Crippen LogP contribution < -0.4 is 10.6 Å². The van der Waals surface area contributed by atoms with Crippen LogP contribution in [0.15, 0.2) is 6.20 Å². The Balaban J connectivity index is 2.75. The highest BCUT2D eigenvalue weighted by molar-refractivity contribution is 5.56. The summed E-state index contributed by atoms with van der Waals surface area (Å²) >= 11 is 0. The lowest BCUT2D eigenvalue weighted by molar-refractivity contribution is -0.384. The van der Waals surface area contributed by atoms with Crippen LogP contribution in [0, 0.1) is 10.1 Å². The Morgan fingerprint density at radius 3 is 2.43 bits per heavy atom. The molecule has 2 N–H and O–H groups in total. The molecule has 8 nitrogen and oxygen atoms in total. The molecular formula is C13H24N6O2. The molecule has 8 heteroatoms.